The van der Waals surface area contributed by atoms with Crippen molar-refractivity contribution < 1.29 is 17.9 Å². The van der Waals surface area contributed by atoms with E-state index in [1.807, 2.05) is 19.1 Å². The topological polar surface area (TPSA) is 117 Å². The molecule has 3 heterocycles. The minimum absolute atomic E-state index is 0.155. The van der Waals surface area contributed by atoms with Crippen LogP contribution in [-0.4, -0.2) is 73.9 Å². The van der Waals surface area contributed by atoms with Crippen LogP contribution in [0.5, 0.6) is 0 Å². The smallest absolute Gasteiger partial charge is 0.319 e. The lowest BCUT2D eigenvalue weighted by Gasteiger charge is -2.37. The molecule has 0 aliphatic carbocycles. The van der Waals surface area contributed by atoms with E-state index in [1.165, 1.54) is 10.6 Å². The van der Waals surface area contributed by atoms with Gasteiger partial charge in [-0.25, -0.2) is 23.2 Å². The van der Waals surface area contributed by atoms with Crippen LogP contribution in [0.3, 0.4) is 0 Å². The van der Waals surface area contributed by atoms with Gasteiger partial charge in [-0.1, -0.05) is 0 Å². The van der Waals surface area contributed by atoms with E-state index >= 15 is 0 Å². The summed E-state index contributed by atoms with van der Waals surface area (Å²) in [4.78, 5) is 23.7. The maximum Gasteiger partial charge on any atom is 0.319 e. The zero-order valence-electron chi connectivity index (χ0n) is 19.2. The van der Waals surface area contributed by atoms with Crippen LogP contribution in [0, 0.1) is 0 Å². The van der Waals surface area contributed by atoms with Gasteiger partial charge in [-0.15, -0.1) is 0 Å². The number of carbonyl (C=O) groups is 1. The van der Waals surface area contributed by atoms with Crippen LogP contribution in [0.25, 0.3) is 11.4 Å². The Labute approximate surface area is 194 Å². The zero-order valence-corrected chi connectivity index (χ0v) is 20.0. The van der Waals surface area contributed by atoms with Gasteiger partial charge in [-0.3, -0.25) is 0 Å². The number of amides is 2. The Balaban J connectivity index is 1.71. The molecule has 2 aliphatic heterocycles. The van der Waals surface area contributed by atoms with Crippen LogP contribution in [-0.2, 0) is 27.7 Å². The molecular weight excluding hydrogens is 444 g/mol. The molecule has 0 saturated carbocycles. The fourth-order valence-electron chi connectivity index (χ4n) is 4.12. The Bertz CT molecular complexity index is 1120. The van der Waals surface area contributed by atoms with Crippen molar-refractivity contribution in [3.8, 4) is 11.4 Å². The minimum Gasteiger partial charge on any atom is -0.377 e. The average molecular weight is 475 g/mol. The summed E-state index contributed by atoms with van der Waals surface area (Å²) in [7, 11) is -3.32. The van der Waals surface area contributed by atoms with Gasteiger partial charge in [0.05, 0.1) is 37.8 Å². The number of fused-ring (bicyclic) bond motifs is 1. The van der Waals surface area contributed by atoms with E-state index in [0.29, 0.717) is 44.2 Å². The molecule has 2 aromatic rings. The maximum atomic E-state index is 12.2. The van der Waals surface area contributed by atoms with Crippen molar-refractivity contribution in [1.82, 2.24) is 19.6 Å². The molecule has 1 fully saturated rings. The third-order valence-electron chi connectivity index (χ3n) is 5.86. The predicted molar refractivity (Wildman–Crippen MR) is 127 cm³/mol. The van der Waals surface area contributed by atoms with E-state index in [0.717, 1.165) is 29.2 Å². The van der Waals surface area contributed by atoms with Crippen molar-refractivity contribution in [1.29, 1.82) is 0 Å². The van der Waals surface area contributed by atoms with E-state index in [1.54, 1.807) is 12.1 Å². The number of rotatable bonds is 5. The molecule has 1 aromatic carbocycles. The van der Waals surface area contributed by atoms with E-state index in [-0.39, 0.29) is 18.6 Å². The van der Waals surface area contributed by atoms with Gasteiger partial charge in [-0.05, 0) is 44.5 Å². The number of hydrogen-bond acceptors (Lipinski definition) is 7. The molecule has 2 aliphatic rings. The van der Waals surface area contributed by atoms with Gasteiger partial charge >= 0.3 is 6.03 Å². The summed E-state index contributed by atoms with van der Waals surface area (Å²) in [6.07, 6.45) is 1.79. The van der Waals surface area contributed by atoms with Gasteiger partial charge in [0.1, 0.15) is 5.82 Å². The van der Waals surface area contributed by atoms with E-state index in [4.69, 9.17) is 14.7 Å². The lowest BCUT2D eigenvalue weighted by Crippen LogP contribution is -2.45. The number of benzene rings is 1. The maximum absolute atomic E-state index is 12.2. The molecule has 178 valence electrons. The standard InChI is InChI=1S/C22H30N6O4S/c1-4-23-22(29)24-17-7-5-16(6-8-17)20-25-19-13-27(33(3,30)31)10-9-18(19)21(26-20)28-11-12-32-14-15(28)2/h5-8,15H,4,9-14H2,1-3H3,(H2,23,24,29)/t15-/m0/s1. The summed E-state index contributed by atoms with van der Waals surface area (Å²) < 4.78 is 31.4. The molecule has 2 N–H and O–H groups in total. The lowest BCUT2D eigenvalue weighted by molar-refractivity contribution is 0.0984. The van der Waals surface area contributed by atoms with Gasteiger partial charge in [0.25, 0.3) is 0 Å². The van der Waals surface area contributed by atoms with Gasteiger partial charge in [0, 0.05) is 36.4 Å². The van der Waals surface area contributed by atoms with Crippen LogP contribution >= 0.6 is 0 Å². The second-order valence-electron chi connectivity index (χ2n) is 8.32. The first-order chi connectivity index (χ1) is 15.8. The summed E-state index contributed by atoms with van der Waals surface area (Å²) in [5.41, 5.74) is 3.18. The highest BCUT2D eigenvalue weighted by atomic mass is 32.2. The van der Waals surface area contributed by atoms with Crippen LogP contribution in [0.1, 0.15) is 25.1 Å². The number of nitrogens with zero attached hydrogens (tertiary/aromatic N) is 4. The predicted octanol–water partition coefficient (Wildman–Crippen LogP) is 1.83. The Morgan fingerprint density at radius 1 is 1.21 bits per heavy atom. The molecule has 0 radical (unpaired) electrons. The normalized spacial score (nSPS) is 19.1. The molecule has 0 unspecified atom stereocenters. The van der Waals surface area contributed by atoms with Gasteiger partial charge in [-0.2, -0.15) is 4.31 Å². The van der Waals surface area contributed by atoms with Crippen molar-refractivity contribution in [3.63, 3.8) is 0 Å². The second kappa shape index (κ2) is 9.62. The van der Waals surface area contributed by atoms with Gasteiger partial charge < -0.3 is 20.3 Å². The van der Waals surface area contributed by atoms with Crippen molar-refractivity contribution >= 4 is 27.6 Å². The molecule has 4 rings (SSSR count). The molecule has 33 heavy (non-hydrogen) atoms. The highest BCUT2D eigenvalue weighted by Gasteiger charge is 2.31. The van der Waals surface area contributed by atoms with Crippen LogP contribution in [0.4, 0.5) is 16.3 Å². The summed E-state index contributed by atoms with van der Waals surface area (Å²) in [5.74, 6) is 1.38. The molecule has 1 aromatic heterocycles. The minimum atomic E-state index is -3.32. The number of aromatic nitrogens is 2. The van der Waals surface area contributed by atoms with E-state index in [9.17, 15) is 13.2 Å². The summed E-state index contributed by atoms with van der Waals surface area (Å²) in [6.45, 7) is 7.09. The largest absolute Gasteiger partial charge is 0.377 e. The number of carbonyl (C=O) groups excluding carboxylic acids is 1. The third-order valence-corrected chi connectivity index (χ3v) is 7.10. The van der Waals surface area contributed by atoms with Crippen molar-refractivity contribution in [2.75, 3.05) is 49.3 Å². The Morgan fingerprint density at radius 2 is 1.97 bits per heavy atom. The van der Waals surface area contributed by atoms with E-state index in [2.05, 4.69) is 22.5 Å². The van der Waals surface area contributed by atoms with Crippen LogP contribution < -0.4 is 15.5 Å². The lowest BCUT2D eigenvalue weighted by atomic mass is 10.0. The highest BCUT2D eigenvalue weighted by molar-refractivity contribution is 7.88. The van der Waals surface area contributed by atoms with Crippen molar-refractivity contribution in [2.45, 2.75) is 32.9 Å². The summed E-state index contributed by atoms with van der Waals surface area (Å²) >= 11 is 0. The third kappa shape index (κ3) is 5.26. The SMILES string of the molecule is CCNC(=O)Nc1ccc(-c2nc3c(c(N4CCOC[C@@H]4C)n2)CCN(S(C)(=O)=O)C3)cc1. The number of ether oxygens (including phenoxy) is 1. The van der Waals surface area contributed by atoms with Gasteiger partial charge in [0.15, 0.2) is 5.82 Å². The van der Waals surface area contributed by atoms with E-state index < -0.39 is 10.0 Å². The number of morpholine rings is 1. The molecule has 0 bridgehead atoms. The number of urea groups is 1. The molecule has 0 spiro atoms. The quantitative estimate of drug-likeness (QED) is 0.679. The zero-order chi connectivity index (χ0) is 23.6. The fraction of sp³-hybridized carbons (Fsp3) is 0.500. The first-order valence-corrected chi connectivity index (χ1v) is 13.0. The molecule has 10 nitrogen and oxygen atoms in total. The molecule has 2 amide bonds. The average Bonchev–Trinajstić information content (AvgIpc) is 2.78. The Hall–Kier alpha value is -2.76. The fourth-order valence-corrected chi connectivity index (χ4v) is 4.90. The number of anilines is 2. The van der Waals surface area contributed by atoms with Crippen LogP contribution in [0.2, 0.25) is 0 Å². The van der Waals surface area contributed by atoms with Crippen LogP contribution in [0.15, 0.2) is 24.3 Å². The highest BCUT2D eigenvalue weighted by Crippen LogP contribution is 2.32. The number of sulfonamides is 1. The van der Waals surface area contributed by atoms with Gasteiger partial charge in [0.2, 0.25) is 10.0 Å². The molecule has 11 heteroatoms. The Morgan fingerprint density at radius 3 is 2.64 bits per heavy atom. The number of hydrogen-bond donors (Lipinski definition) is 2. The molecule has 1 saturated heterocycles. The summed E-state index contributed by atoms with van der Waals surface area (Å²) in [6, 6.07) is 7.20. The summed E-state index contributed by atoms with van der Waals surface area (Å²) in [5, 5.41) is 5.47. The monoisotopic (exact) mass is 474 g/mol. The van der Waals surface area contributed by atoms with Crippen molar-refractivity contribution in [2.24, 2.45) is 0 Å². The van der Waals surface area contributed by atoms with Crippen molar-refractivity contribution in [3.05, 3.63) is 35.5 Å². The second-order valence-corrected chi connectivity index (χ2v) is 10.3. The Kier molecular flexibility index (Phi) is 6.82. The first-order valence-electron chi connectivity index (χ1n) is 11.1. The molecule has 1 atom stereocenters. The first kappa shape index (κ1) is 23.4. The number of nitrogens with one attached hydrogen (secondary N) is 2. The molecular formula is C22H30N6O4S.